The van der Waals surface area contributed by atoms with Gasteiger partial charge in [-0.3, -0.25) is 14.5 Å². The zero-order valence-corrected chi connectivity index (χ0v) is 20.5. The maximum Gasteiger partial charge on any atom is 0.338 e. The maximum absolute atomic E-state index is 13.5. The molecule has 4 aromatic carbocycles. The van der Waals surface area contributed by atoms with Gasteiger partial charge in [-0.05, 0) is 48.4 Å². The molecule has 0 radical (unpaired) electrons. The van der Waals surface area contributed by atoms with Crippen LogP contribution in [0.15, 0.2) is 96.6 Å². The third kappa shape index (κ3) is 4.27. The number of anilines is 1. The number of Topliss-reactive ketones (excluding diaryl/α,β-unsaturated/α-hetero) is 1. The third-order valence-electron chi connectivity index (χ3n) is 6.48. The largest absolute Gasteiger partial charge is 0.507 e. The molecule has 1 aliphatic heterocycles. The molecule has 0 bridgehead atoms. The van der Waals surface area contributed by atoms with Crippen LogP contribution in [0, 0.1) is 6.92 Å². The van der Waals surface area contributed by atoms with Crippen molar-refractivity contribution in [3.63, 3.8) is 0 Å². The summed E-state index contributed by atoms with van der Waals surface area (Å²) >= 11 is 0. The SMILES string of the molecule is CCOC(=O)c1cccc(N2C(=O)C(=O)/C(=C(\O)c3cccc4ccccc34)C2c2cccc(C)c2)c1. The molecule has 6 nitrogen and oxygen atoms in total. The van der Waals surface area contributed by atoms with Crippen LogP contribution in [0.2, 0.25) is 0 Å². The minimum absolute atomic E-state index is 0.00603. The van der Waals surface area contributed by atoms with Crippen molar-refractivity contribution in [1.82, 2.24) is 0 Å². The van der Waals surface area contributed by atoms with E-state index in [1.54, 1.807) is 37.3 Å². The first-order chi connectivity index (χ1) is 17.9. The Morgan fingerprint density at radius 1 is 0.919 bits per heavy atom. The van der Waals surface area contributed by atoms with Crippen molar-refractivity contribution in [2.45, 2.75) is 19.9 Å². The first kappa shape index (κ1) is 24.0. The number of carbonyl (C=O) groups excluding carboxylic acids is 3. The first-order valence-electron chi connectivity index (χ1n) is 12.0. The lowest BCUT2D eigenvalue weighted by atomic mass is 9.92. The van der Waals surface area contributed by atoms with Crippen LogP contribution in [-0.4, -0.2) is 29.4 Å². The monoisotopic (exact) mass is 491 g/mol. The Kier molecular flexibility index (Phi) is 6.32. The fraction of sp³-hybridized carbons (Fsp3) is 0.129. The number of aliphatic hydroxyl groups is 1. The van der Waals surface area contributed by atoms with Crippen LogP contribution in [0.5, 0.6) is 0 Å². The van der Waals surface area contributed by atoms with E-state index < -0.39 is 23.7 Å². The number of rotatable bonds is 5. The second-order valence-electron chi connectivity index (χ2n) is 8.88. The van der Waals surface area contributed by atoms with Gasteiger partial charge in [-0.15, -0.1) is 0 Å². The number of hydrogen-bond acceptors (Lipinski definition) is 5. The molecule has 1 saturated heterocycles. The van der Waals surface area contributed by atoms with Crippen molar-refractivity contribution < 1.29 is 24.2 Å². The van der Waals surface area contributed by atoms with Crippen LogP contribution in [0.25, 0.3) is 16.5 Å². The summed E-state index contributed by atoms with van der Waals surface area (Å²) in [4.78, 5) is 40.8. The molecule has 4 aromatic rings. The lowest BCUT2D eigenvalue weighted by molar-refractivity contribution is -0.132. The minimum atomic E-state index is -0.892. The van der Waals surface area contributed by atoms with Crippen LogP contribution in [0.4, 0.5) is 5.69 Å². The summed E-state index contributed by atoms with van der Waals surface area (Å²) in [7, 11) is 0. The number of ether oxygens (including phenoxy) is 1. The van der Waals surface area contributed by atoms with E-state index in [1.807, 2.05) is 61.5 Å². The smallest absolute Gasteiger partial charge is 0.338 e. The fourth-order valence-corrected chi connectivity index (χ4v) is 4.83. The van der Waals surface area contributed by atoms with E-state index in [4.69, 9.17) is 4.74 Å². The number of nitrogens with zero attached hydrogens (tertiary/aromatic N) is 1. The summed E-state index contributed by atoms with van der Waals surface area (Å²) in [6, 6.07) is 26.0. The molecule has 1 heterocycles. The van der Waals surface area contributed by atoms with E-state index in [1.165, 1.54) is 11.0 Å². The van der Waals surface area contributed by atoms with Crippen molar-refractivity contribution in [2.24, 2.45) is 0 Å². The van der Waals surface area contributed by atoms with Gasteiger partial charge >= 0.3 is 5.97 Å². The number of esters is 1. The molecule has 1 N–H and O–H groups in total. The average Bonchev–Trinajstić information content (AvgIpc) is 3.18. The van der Waals surface area contributed by atoms with E-state index in [-0.39, 0.29) is 23.5 Å². The zero-order valence-electron chi connectivity index (χ0n) is 20.5. The highest BCUT2D eigenvalue weighted by Gasteiger charge is 2.47. The van der Waals surface area contributed by atoms with Gasteiger partial charge in [0.15, 0.2) is 0 Å². The normalized spacial score (nSPS) is 16.8. The Morgan fingerprint density at radius 2 is 1.65 bits per heavy atom. The number of aryl methyl sites for hydroxylation is 1. The van der Waals surface area contributed by atoms with Gasteiger partial charge in [0.2, 0.25) is 0 Å². The van der Waals surface area contributed by atoms with Crippen molar-refractivity contribution in [2.75, 3.05) is 11.5 Å². The van der Waals surface area contributed by atoms with Crippen molar-refractivity contribution in [3.8, 4) is 0 Å². The van der Waals surface area contributed by atoms with Crippen molar-refractivity contribution in [1.29, 1.82) is 0 Å². The highest BCUT2D eigenvalue weighted by Crippen LogP contribution is 2.43. The zero-order chi connectivity index (χ0) is 26.1. The third-order valence-corrected chi connectivity index (χ3v) is 6.48. The molecule has 0 aliphatic carbocycles. The van der Waals surface area contributed by atoms with Gasteiger partial charge in [0.1, 0.15) is 5.76 Å². The Morgan fingerprint density at radius 3 is 2.43 bits per heavy atom. The van der Waals surface area contributed by atoms with Crippen LogP contribution < -0.4 is 4.90 Å². The molecule has 1 aliphatic rings. The van der Waals surface area contributed by atoms with Gasteiger partial charge in [0.05, 0.1) is 23.8 Å². The minimum Gasteiger partial charge on any atom is -0.507 e. The van der Waals surface area contributed by atoms with Gasteiger partial charge in [0, 0.05) is 11.3 Å². The molecule has 5 rings (SSSR count). The summed E-state index contributed by atoms with van der Waals surface area (Å²) in [5, 5.41) is 13.3. The molecule has 0 aromatic heterocycles. The molecule has 1 amide bonds. The van der Waals surface area contributed by atoms with Gasteiger partial charge in [-0.2, -0.15) is 0 Å². The highest BCUT2D eigenvalue weighted by atomic mass is 16.5. The van der Waals surface area contributed by atoms with Crippen molar-refractivity contribution >= 4 is 39.9 Å². The summed E-state index contributed by atoms with van der Waals surface area (Å²) in [6.45, 7) is 3.84. The summed E-state index contributed by atoms with van der Waals surface area (Å²) in [5.41, 5.74) is 2.69. The fourth-order valence-electron chi connectivity index (χ4n) is 4.83. The van der Waals surface area contributed by atoms with Gasteiger partial charge in [0.25, 0.3) is 11.7 Å². The standard InChI is InChI=1S/C31H25NO5/c1-3-37-31(36)22-13-7-14-23(18-22)32-27(21-12-6-9-19(2)17-21)26(29(34)30(32)35)28(33)25-16-8-11-20-10-4-5-15-24(20)25/h4-18,27,33H,3H2,1-2H3/b28-26-. The quantitative estimate of drug-likeness (QED) is 0.161. The molecule has 1 atom stereocenters. The van der Waals surface area contributed by atoms with Crippen molar-refractivity contribution in [3.05, 3.63) is 119 Å². The lowest BCUT2D eigenvalue weighted by Gasteiger charge is -2.26. The van der Waals surface area contributed by atoms with Gasteiger partial charge in [-0.25, -0.2) is 4.79 Å². The number of hydrogen-bond donors (Lipinski definition) is 1. The van der Waals surface area contributed by atoms with E-state index in [0.717, 1.165) is 16.3 Å². The van der Waals surface area contributed by atoms with Gasteiger partial charge < -0.3 is 9.84 Å². The summed E-state index contributed by atoms with van der Waals surface area (Å²) in [5.74, 6) is -2.35. The molecule has 1 unspecified atom stereocenters. The Hall–Kier alpha value is -4.71. The molecule has 0 spiro atoms. The van der Waals surface area contributed by atoms with Crippen LogP contribution in [0.1, 0.15) is 40.0 Å². The highest BCUT2D eigenvalue weighted by molar-refractivity contribution is 6.51. The molecular weight excluding hydrogens is 466 g/mol. The number of amides is 1. The topological polar surface area (TPSA) is 83.9 Å². The van der Waals surface area contributed by atoms with Gasteiger partial charge in [-0.1, -0.05) is 78.4 Å². The molecule has 37 heavy (non-hydrogen) atoms. The predicted molar refractivity (Wildman–Crippen MR) is 142 cm³/mol. The number of fused-ring (bicyclic) bond motifs is 1. The molecule has 1 fully saturated rings. The summed E-state index contributed by atoms with van der Waals surface area (Å²) in [6.07, 6.45) is 0. The van der Waals surface area contributed by atoms with E-state index in [9.17, 15) is 19.5 Å². The van der Waals surface area contributed by atoms with Crippen LogP contribution in [0.3, 0.4) is 0 Å². The second-order valence-corrected chi connectivity index (χ2v) is 8.88. The molecule has 6 heteroatoms. The number of benzene rings is 4. The first-order valence-corrected chi connectivity index (χ1v) is 12.0. The Labute approximate surface area is 214 Å². The van der Waals surface area contributed by atoms with Crippen LogP contribution in [-0.2, 0) is 14.3 Å². The molecule has 184 valence electrons. The second kappa shape index (κ2) is 9.74. The van der Waals surface area contributed by atoms with Crippen LogP contribution >= 0.6 is 0 Å². The van der Waals surface area contributed by atoms with E-state index in [0.29, 0.717) is 16.8 Å². The predicted octanol–water partition coefficient (Wildman–Crippen LogP) is 5.95. The van der Waals surface area contributed by atoms with E-state index >= 15 is 0 Å². The van der Waals surface area contributed by atoms with E-state index in [2.05, 4.69) is 0 Å². The Bertz CT molecular complexity index is 1580. The lowest BCUT2D eigenvalue weighted by Crippen LogP contribution is -2.29. The Balaban J connectivity index is 1.74. The molecular formula is C31H25NO5. The maximum atomic E-state index is 13.5. The number of carbonyl (C=O) groups is 3. The number of aliphatic hydroxyl groups excluding tert-OH is 1. The number of ketones is 1. The molecule has 0 saturated carbocycles. The summed E-state index contributed by atoms with van der Waals surface area (Å²) < 4.78 is 5.12. The average molecular weight is 492 g/mol.